The van der Waals surface area contributed by atoms with Crippen LogP contribution in [0, 0.1) is 4.91 Å². The second-order valence-corrected chi connectivity index (χ2v) is 2.11. The molecule has 0 aromatic heterocycles. The molecule has 1 atom stereocenters. The van der Waals surface area contributed by atoms with E-state index in [1.165, 1.54) is 13.8 Å². The molecule has 5 nitrogen and oxygen atoms in total. The number of amides is 1. The average molecular weight is 159 g/mol. The van der Waals surface area contributed by atoms with Crippen molar-refractivity contribution in [2.45, 2.75) is 26.4 Å². The van der Waals surface area contributed by atoms with E-state index in [4.69, 9.17) is 0 Å². The SMILES string of the molecule is CC(=O)OC(C)CC(=O)N=O. The Kier molecular flexibility index (Phi) is 4.02. The monoisotopic (exact) mass is 159 g/mol. The standard InChI is InChI=1S/C6H9NO4/c1-4(11-5(2)8)3-6(9)7-10/h4H,3H2,1-2H3. The van der Waals surface area contributed by atoms with Crippen molar-refractivity contribution >= 4 is 11.9 Å². The number of carbonyl (C=O) groups excluding carboxylic acids is 2. The van der Waals surface area contributed by atoms with E-state index in [-0.39, 0.29) is 6.42 Å². The second-order valence-electron chi connectivity index (χ2n) is 2.11. The second kappa shape index (κ2) is 4.54. The lowest BCUT2D eigenvalue weighted by Gasteiger charge is -2.07. The Morgan fingerprint density at radius 3 is 2.45 bits per heavy atom. The molecule has 0 spiro atoms. The summed E-state index contributed by atoms with van der Waals surface area (Å²) in [5.74, 6) is -1.28. The van der Waals surface area contributed by atoms with Crippen LogP contribution in [0.25, 0.3) is 0 Å². The van der Waals surface area contributed by atoms with Crippen LogP contribution in [0.2, 0.25) is 0 Å². The van der Waals surface area contributed by atoms with Gasteiger partial charge < -0.3 is 4.74 Å². The zero-order valence-electron chi connectivity index (χ0n) is 6.36. The highest BCUT2D eigenvalue weighted by Crippen LogP contribution is 1.98. The lowest BCUT2D eigenvalue weighted by Crippen LogP contribution is -2.15. The summed E-state index contributed by atoms with van der Waals surface area (Å²) in [6.07, 6.45) is -0.721. The Hall–Kier alpha value is -1.26. The first-order valence-corrected chi connectivity index (χ1v) is 3.09. The molecule has 0 fully saturated rings. The number of nitroso groups, excluding NO2 is 1. The minimum Gasteiger partial charge on any atom is -0.462 e. The van der Waals surface area contributed by atoms with Crippen molar-refractivity contribution in [3.05, 3.63) is 4.91 Å². The quantitative estimate of drug-likeness (QED) is 0.447. The van der Waals surface area contributed by atoms with Gasteiger partial charge in [-0.25, -0.2) is 0 Å². The maximum atomic E-state index is 10.3. The van der Waals surface area contributed by atoms with Gasteiger partial charge in [0.2, 0.25) is 0 Å². The van der Waals surface area contributed by atoms with E-state index in [2.05, 4.69) is 9.91 Å². The number of ether oxygens (including phenoxy) is 1. The molecule has 0 N–H and O–H groups in total. The van der Waals surface area contributed by atoms with Crippen LogP contribution < -0.4 is 0 Å². The van der Waals surface area contributed by atoms with Crippen molar-refractivity contribution in [1.82, 2.24) is 0 Å². The van der Waals surface area contributed by atoms with Crippen molar-refractivity contribution in [2.24, 2.45) is 5.18 Å². The summed E-state index contributed by atoms with van der Waals surface area (Å²) in [5, 5.41) is 2.16. The van der Waals surface area contributed by atoms with Crippen LogP contribution in [0.5, 0.6) is 0 Å². The molecule has 0 aliphatic rings. The maximum Gasteiger partial charge on any atom is 0.302 e. The summed E-state index contributed by atoms with van der Waals surface area (Å²) < 4.78 is 4.56. The molecule has 0 saturated heterocycles. The van der Waals surface area contributed by atoms with E-state index in [1.807, 2.05) is 0 Å². The van der Waals surface area contributed by atoms with Crippen molar-refractivity contribution in [3.63, 3.8) is 0 Å². The fraction of sp³-hybridized carbons (Fsp3) is 0.667. The third-order valence-corrected chi connectivity index (χ3v) is 0.931. The van der Waals surface area contributed by atoms with Gasteiger partial charge in [0.15, 0.2) is 0 Å². The van der Waals surface area contributed by atoms with Gasteiger partial charge in [-0.15, -0.1) is 4.91 Å². The fourth-order valence-electron chi connectivity index (χ4n) is 0.608. The third kappa shape index (κ3) is 5.20. The third-order valence-electron chi connectivity index (χ3n) is 0.931. The largest absolute Gasteiger partial charge is 0.462 e. The van der Waals surface area contributed by atoms with Crippen LogP contribution in [0.1, 0.15) is 20.3 Å². The van der Waals surface area contributed by atoms with Crippen molar-refractivity contribution < 1.29 is 14.3 Å². The summed E-state index contributed by atoms with van der Waals surface area (Å²) in [5.41, 5.74) is 0. The molecule has 0 saturated carbocycles. The molecule has 1 unspecified atom stereocenters. The summed E-state index contributed by atoms with van der Waals surface area (Å²) in [7, 11) is 0. The maximum absolute atomic E-state index is 10.3. The van der Waals surface area contributed by atoms with Gasteiger partial charge in [-0.2, -0.15) is 0 Å². The van der Waals surface area contributed by atoms with E-state index in [9.17, 15) is 14.5 Å². The first kappa shape index (κ1) is 9.74. The normalized spacial score (nSPS) is 11.8. The van der Waals surface area contributed by atoms with Gasteiger partial charge in [0.1, 0.15) is 6.10 Å². The molecule has 0 aromatic rings. The Morgan fingerprint density at radius 1 is 1.55 bits per heavy atom. The number of rotatable bonds is 3. The Bertz CT molecular complexity index is 177. The van der Waals surface area contributed by atoms with Crippen molar-refractivity contribution in [2.75, 3.05) is 0 Å². The lowest BCUT2D eigenvalue weighted by atomic mass is 10.3. The molecule has 0 radical (unpaired) electrons. The molecule has 0 rings (SSSR count). The smallest absolute Gasteiger partial charge is 0.302 e. The topological polar surface area (TPSA) is 72.8 Å². The van der Waals surface area contributed by atoms with Gasteiger partial charge in [0.25, 0.3) is 5.91 Å². The molecule has 62 valence electrons. The molecule has 0 heterocycles. The van der Waals surface area contributed by atoms with Crippen LogP contribution in [0.15, 0.2) is 5.18 Å². The van der Waals surface area contributed by atoms with E-state index >= 15 is 0 Å². The van der Waals surface area contributed by atoms with E-state index in [0.29, 0.717) is 0 Å². The van der Waals surface area contributed by atoms with Gasteiger partial charge in [-0.3, -0.25) is 9.59 Å². The van der Waals surface area contributed by atoms with Gasteiger partial charge in [0.05, 0.1) is 6.42 Å². The molecule has 1 amide bonds. The Labute approximate surface area is 63.7 Å². The first-order chi connectivity index (χ1) is 5.06. The van der Waals surface area contributed by atoms with Gasteiger partial charge in [-0.05, 0) is 6.92 Å². The van der Waals surface area contributed by atoms with E-state index in [0.717, 1.165) is 0 Å². The highest BCUT2D eigenvalue weighted by Gasteiger charge is 2.11. The minimum atomic E-state index is -0.807. The van der Waals surface area contributed by atoms with Crippen molar-refractivity contribution in [1.29, 1.82) is 0 Å². The number of esters is 1. The van der Waals surface area contributed by atoms with Crippen LogP contribution >= 0.6 is 0 Å². The zero-order valence-corrected chi connectivity index (χ0v) is 6.36. The first-order valence-electron chi connectivity index (χ1n) is 3.09. The average Bonchev–Trinajstić information content (AvgIpc) is 1.85. The Morgan fingerprint density at radius 2 is 2.09 bits per heavy atom. The summed E-state index contributed by atoms with van der Waals surface area (Å²) in [4.78, 5) is 30.2. The fourth-order valence-corrected chi connectivity index (χ4v) is 0.608. The van der Waals surface area contributed by atoms with E-state index in [1.54, 1.807) is 0 Å². The highest BCUT2D eigenvalue weighted by atomic mass is 16.5. The van der Waals surface area contributed by atoms with Gasteiger partial charge in [0, 0.05) is 12.1 Å². The number of carbonyl (C=O) groups is 2. The summed E-state index contributed by atoms with van der Waals surface area (Å²) in [6, 6.07) is 0. The van der Waals surface area contributed by atoms with Crippen LogP contribution in [-0.4, -0.2) is 18.0 Å². The molecule has 0 aliphatic carbocycles. The van der Waals surface area contributed by atoms with Gasteiger partial charge >= 0.3 is 5.97 Å². The van der Waals surface area contributed by atoms with Crippen LogP contribution in [0.4, 0.5) is 0 Å². The van der Waals surface area contributed by atoms with E-state index < -0.39 is 18.0 Å². The predicted octanol–water partition coefficient (Wildman–Crippen LogP) is 0.621. The highest BCUT2D eigenvalue weighted by molar-refractivity contribution is 5.77. The van der Waals surface area contributed by atoms with Crippen LogP contribution in [0.3, 0.4) is 0 Å². The summed E-state index contributed by atoms with van der Waals surface area (Å²) >= 11 is 0. The molecule has 0 aromatic carbocycles. The molecular formula is C6H9NO4. The van der Waals surface area contributed by atoms with Gasteiger partial charge in [-0.1, -0.05) is 0 Å². The summed E-state index contributed by atoms with van der Waals surface area (Å²) in [6.45, 7) is 2.75. The number of nitrogens with zero attached hydrogens (tertiary/aromatic N) is 1. The number of hydrogen-bond acceptors (Lipinski definition) is 4. The Balaban J connectivity index is 3.68. The lowest BCUT2D eigenvalue weighted by molar-refractivity contribution is -0.146. The zero-order chi connectivity index (χ0) is 8.85. The molecular weight excluding hydrogens is 150 g/mol. The number of hydrogen-bond donors (Lipinski definition) is 0. The molecule has 0 bridgehead atoms. The van der Waals surface area contributed by atoms with Crippen molar-refractivity contribution in [3.8, 4) is 0 Å². The predicted molar refractivity (Wildman–Crippen MR) is 36.6 cm³/mol. The molecule has 0 aliphatic heterocycles. The minimum absolute atomic E-state index is 0.150. The molecule has 11 heavy (non-hydrogen) atoms. The molecule has 5 heteroatoms. The van der Waals surface area contributed by atoms with Crippen LogP contribution in [-0.2, 0) is 14.3 Å².